The molecule has 0 aliphatic heterocycles. The SMILES string of the molecule is Cc1cc(N)ccc1NC(=O)c1c(F)c(F)c(C(=O)Nc2ccc(N)cc2C(F)(F)F)c(F)c1F. The predicted octanol–water partition coefficient (Wildman–Crippen LogP) is 5.24. The lowest BCUT2D eigenvalue weighted by molar-refractivity contribution is -0.136. The van der Waals surface area contributed by atoms with Crippen molar-refractivity contribution in [2.24, 2.45) is 0 Å². The van der Waals surface area contributed by atoms with Gasteiger partial charge in [0.1, 0.15) is 11.1 Å². The highest BCUT2D eigenvalue weighted by Crippen LogP contribution is 2.36. The van der Waals surface area contributed by atoms with Crippen LogP contribution in [0.25, 0.3) is 0 Å². The summed E-state index contributed by atoms with van der Waals surface area (Å²) in [7, 11) is 0. The molecular formula is C22H15F7N4O2. The van der Waals surface area contributed by atoms with Crippen LogP contribution in [0.15, 0.2) is 36.4 Å². The summed E-state index contributed by atoms with van der Waals surface area (Å²) in [5.74, 6) is -12.6. The zero-order valence-electron chi connectivity index (χ0n) is 17.6. The second kappa shape index (κ2) is 9.16. The minimum Gasteiger partial charge on any atom is -0.399 e. The van der Waals surface area contributed by atoms with Gasteiger partial charge in [0.15, 0.2) is 23.3 Å². The molecule has 3 aromatic carbocycles. The number of anilines is 4. The van der Waals surface area contributed by atoms with Crippen molar-refractivity contribution in [1.29, 1.82) is 0 Å². The number of alkyl halides is 3. The molecule has 6 N–H and O–H groups in total. The normalized spacial score (nSPS) is 11.3. The quantitative estimate of drug-likeness (QED) is 0.223. The molecule has 0 fully saturated rings. The first-order valence-corrected chi connectivity index (χ1v) is 9.53. The number of carbonyl (C=O) groups is 2. The summed E-state index contributed by atoms with van der Waals surface area (Å²) in [4.78, 5) is 24.7. The Bertz CT molecular complexity index is 1330. The average Bonchev–Trinajstić information content (AvgIpc) is 2.75. The molecule has 0 aromatic heterocycles. The highest BCUT2D eigenvalue weighted by molar-refractivity contribution is 6.08. The van der Waals surface area contributed by atoms with Crippen molar-refractivity contribution in [2.45, 2.75) is 13.1 Å². The van der Waals surface area contributed by atoms with Crippen molar-refractivity contribution < 1.29 is 40.3 Å². The molecule has 0 bridgehead atoms. The molecule has 3 rings (SSSR count). The molecule has 0 spiro atoms. The van der Waals surface area contributed by atoms with E-state index in [-0.39, 0.29) is 11.4 Å². The van der Waals surface area contributed by atoms with E-state index < -0.39 is 63.6 Å². The minimum absolute atomic E-state index is 0.0219. The van der Waals surface area contributed by atoms with Gasteiger partial charge in [0.25, 0.3) is 11.8 Å². The van der Waals surface area contributed by atoms with E-state index in [1.165, 1.54) is 25.1 Å². The average molecular weight is 500 g/mol. The van der Waals surface area contributed by atoms with Crippen molar-refractivity contribution in [3.8, 4) is 0 Å². The van der Waals surface area contributed by atoms with Crippen LogP contribution in [-0.2, 0) is 6.18 Å². The smallest absolute Gasteiger partial charge is 0.399 e. The predicted molar refractivity (Wildman–Crippen MR) is 114 cm³/mol. The van der Waals surface area contributed by atoms with Gasteiger partial charge in [-0.2, -0.15) is 13.2 Å². The van der Waals surface area contributed by atoms with E-state index in [9.17, 15) is 40.3 Å². The Kier molecular flexibility index (Phi) is 6.63. The monoisotopic (exact) mass is 500 g/mol. The molecule has 0 saturated heterocycles. The maximum Gasteiger partial charge on any atom is 0.418 e. The summed E-state index contributed by atoms with van der Waals surface area (Å²) >= 11 is 0. The van der Waals surface area contributed by atoms with Gasteiger partial charge in [0.05, 0.1) is 11.3 Å². The zero-order valence-corrected chi connectivity index (χ0v) is 17.6. The zero-order chi connectivity index (χ0) is 26.2. The van der Waals surface area contributed by atoms with Crippen LogP contribution in [0, 0.1) is 30.2 Å². The number of hydrogen-bond donors (Lipinski definition) is 4. The summed E-state index contributed by atoms with van der Waals surface area (Å²) in [5.41, 5.74) is 5.21. The molecule has 184 valence electrons. The lowest BCUT2D eigenvalue weighted by Crippen LogP contribution is -2.24. The van der Waals surface area contributed by atoms with Crippen LogP contribution in [0.2, 0.25) is 0 Å². The molecule has 13 heteroatoms. The van der Waals surface area contributed by atoms with E-state index in [2.05, 4.69) is 5.32 Å². The lowest BCUT2D eigenvalue weighted by atomic mass is 10.0. The number of rotatable bonds is 4. The maximum absolute atomic E-state index is 14.6. The second-order valence-electron chi connectivity index (χ2n) is 7.29. The number of hydrogen-bond acceptors (Lipinski definition) is 4. The molecular weight excluding hydrogens is 485 g/mol. The van der Waals surface area contributed by atoms with Gasteiger partial charge in [-0.25, -0.2) is 17.6 Å². The third-order valence-corrected chi connectivity index (χ3v) is 4.81. The van der Waals surface area contributed by atoms with Crippen LogP contribution in [0.5, 0.6) is 0 Å². The van der Waals surface area contributed by atoms with Gasteiger partial charge < -0.3 is 22.1 Å². The Morgan fingerprint density at radius 3 is 1.54 bits per heavy atom. The standard InChI is InChI=1S/C22H15F7N4O2/c1-8-6-9(30)2-4-12(8)32-20(34)14-16(23)18(25)15(19(26)17(14)24)21(35)33-13-5-3-10(31)7-11(13)22(27,28)29/h2-7H,30-31H2,1H3,(H,32,34)(H,33,35). The molecule has 0 atom stereocenters. The van der Waals surface area contributed by atoms with E-state index in [1.54, 1.807) is 5.32 Å². The Balaban J connectivity index is 2.01. The number of nitrogens with one attached hydrogen (secondary N) is 2. The van der Waals surface area contributed by atoms with Crippen molar-refractivity contribution in [2.75, 3.05) is 22.1 Å². The number of amides is 2. The van der Waals surface area contributed by atoms with Gasteiger partial charge in [-0.3, -0.25) is 9.59 Å². The largest absolute Gasteiger partial charge is 0.418 e. The molecule has 0 radical (unpaired) electrons. The number of aryl methyl sites for hydroxylation is 1. The van der Waals surface area contributed by atoms with Crippen molar-refractivity contribution >= 4 is 34.6 Å². The molecule has 6 nitrogen and oxygen atoms in total. The van der Waals surface area contributed by atoms with Crippen LogP contribution in [0.3, 0.4) is 0 Å². The summed E-state index contributed by atoms with van der Waals surface area (Å²) in [6.07, 6.45) is -5.03. The van der Waals surface area contributed by atoms with E-state index in [1.807, 2.05) is 0 Å². The molecule has 2 amide bonds. The maximum atomic E-state index is 14.6. The fraction of sp³-hybridized carbons (Fsp3) is 0.0909. The van der Waals surface area contributed by atoms with Crippen LogP contribution in [0.1, 0.15) is 31.8 Å². The van der Waals surface area contributed by atoms with E-state index in [0.29, 0.717) is 23.4 Å². The molecule has 35 heavy (non-hydrogen) atoms. The van der Waals surface area contributed by atoms with Crippen LogP contribution in [0.4, 0.5) is 53.5 Å². The summed E-state index contributed by atoms with van der Waals surface area (Å²) in [6, 6.07) is 6.11. The summed E-state index contributed by atoms with van der Waals surface area (Å²) < 4.78 is 98.1. The van der Waals surface area contributed by atoms with Gasteiger partial charge in [-0.15, -0.1) is 0 Å². The third-order valence-electron chi connectivity index (χ3n) is 4.81. The minimum atomic E-state index is -5.03. The van der Waals surface area contributed by atoms with Crippen LogP contribution < -0.4 is 22.1 Å². The molecule has 0 unspecified atom stereocenters. The van der Waals surface area contributed by atoms with Crippen LogP contribution >= 0.6 is 0 Å². The lowest BCUT2D eigenvalue weighted by Gasteiger charge is -2.16. The summed E-state index contributed by atoms with van der Waals surface area (Å²) in [6.45, 7) is 1.49. The molecule has 0 aliphatic rings. The first-order valence-electron chi connectivity index (χ1n) is 9.53. The molecule has 3 aromatic rings. The molecule has 0 heterocycles. The number of carbonyl (C=O) groups excluding carboxylic acids is 2. The fourth-order valence-corrected chi connectivity index (χ4v) is 3.13. The number of nitrogens with two attached hydrogens (primary N) is 2. The number of nitrogen functional groups attached to an aromatic ring is 2. The second-order valence-corrected chi connectivity index (χ2v) is 7.29. The Morgan fingerprint density at radius 1 is 0.714 bits per heavy atom. The highest BCUT2D eigenvalue weighted by atomic mass is 19.4. The first-order chi connectivity index (χ1) is 16.2. The molecule has 0 aliphatic carbocycles. The van der Waals surface area contributed by atoms with Gasteiger partial charge in [0, 0.05) is 17.1 Å². The number of benzene rings is 3. The summed E-state index contributed by atoms with van der Waals surface area (Å²) in [5, 5.41) is 3.62. The highest BCUT2D eigenvalue weighted by Gasteiger charge is 2.36. The van der Waals surface area contributed by atoms with Gasteiger partial charge >= 0.3 is 6.18 Å². The van der Waals surface area contributed by atoms with Gasteiger partial charge in [0.2, 0.25) is 0 Å². The van der Waals surface area contributed by atoms with E-state index in [4.69, 9.17) is 11.5 Å². The van der Waals surface area contributed by atoms with E-state index in [0.717, 1.165) is 6.07 Å². The van der Waals surface area contributed by atoms with Crippen molar-refractivity contribution in [3.05, 3.63) is 81.9 Å². The Labute approximate surface area is 192 Å². The third kappa shape index (κ3) is 4.98. The van der Waals surface area contributed by atoms with Crippen molar-refractivity contribution in [1.82, 2.24) is 0 Å². The number of halogens is 7. The Hall–Kier alpha value is -4.29. The van der Waals surface area contributed by atoms with Crippen molar-refractivity contribution in [3.63, 3.8) is 0 Å². The Morgan fingerprint density at radius 2 is 1.11 bits per heavy atom. The van der Waals surface area contributed by atoms with Gasteiger partial charge in [-0.05, 0) is 48.9 Å². The van der Waals surface area contributed by atoms with Crippen LogP contribution in [-0.4, -0.2) is 11.8 Å². The molecule has 0 saturated carbocycles. The fourth-order valence-electron chi connectivity index (χ4n) is 3.13. The van der Waals surface area contributed by atoms with E-state index >= 15 is 0 Å². The van der Waals surface area contributed by atoms with Gasteiger partial charge in [-0.1, -0.05) is 0 Å². The first kappa shape index (κ1) is 25.3. The topological polar surface area (TPSA) is 110 Å².